The molecule has 0 bridgehead atoms. The molecule has 118 valence electrons. The van der Waals surface area contributed by atoms with Crippen LogP contribution in [0, 0.1) is 0 Å². The largest absolute Gasteiger partial charge is 0.494 e. The van der Waals surface area contributed by atoms with Crippen molar-refractivity contribution < 1.29 is 4.74 Å². The van der Waals surface area contributed by atoms with E-state index in [9.17, 15) is 0 Å². The molecule has 2 rings (SSSR count). The van der Waals surface area contributed by atoms with Gasteiger partial charge in [0.1, 0.15) is 5.75 Å². The Morgan fingerprint density at radius 2 is 1.81 bits per heavy atom. The SMILES string of the molecule is CCCOc1ccc(CNC2CCN(CCC)CC2)cc1. The Morgan fingerprint density at radius 3 is 2.43 bits per heavy atom. The molecule has 1 N–H and O–H groups in total. The van der Waals surface area contributed by atoms with E-state index in [4.69, 9.17) is 4.74 Å². The van der Waals surface area contributed by atoms with Crippen molar-refractivity contribution in [2.45, 2.75) is 52.1 Å². The Labute approximate surface area is 129 Å². The van der Waals surface area contributed by atoms with Crippen LogP contribution in [0.4, 0.5) is 0 Å². The molecule has 0 aliphatic carbocycles. The van der Waals surface area contributed by atoms with E-state index in [0.29, 0.717) is 6.04 Å². The van der Waals surface area contributed by atoms with Crippen molar-refractivity contribution in [3.63, 3.8) is 0 Å². The lowest BCUT2D eigenvalue weighted by molar-refractivity contribution is 0.197. The monoisotopic (exact) mass is 290 g/mol. The van der Waals surface area contributed by atoms with Gasteiger partial charge < -0.3 is 15.0 Å². The number of hydrogen-bond donors (Lipinski definition) is 1. The standard InChI is InChI=1S/C18H30N2O/c1-3-11-20-12-9-17(10-13-20)19-15-16-5-7-18(8-6-16)21-14-4-2/h5-8,17,19H,3-4,9-15H2,1-2H3. The van der Waals surface area contributed by atoms with Crippen molar-refractivity contribution in [3.8, 4) is 5.75 Å². The Kier molecular flexibility index (Phi) is 7.04. The molecule has 0 spiro atoms. The van der Waals surface area contributed by atoms with Crippen molar-refractivity contribution in [1.82, 2.24) is 10.2 Å². The normalized spacial score (nSPS) is 17.0. The number of rotatable bonds is 8. The number of hydrogen-bond acceptors (Lipinski definition) is 3. The average molecular weight is 290 g/mol. The topological polar surface area (TPSA) is 24.5 Å². The van der Waals surface area contributed by atoms with Crippen LogP contribution in [-0.4, -0.2) is 37.2 Å². The highest BCUT2D eigenvalue weighted by molar-refractivity contribution is 5.27. The Morgan fingerprint density at radius 1 is 1.10 bits per heavy atom. The fourth-order valence-corrected chi connectivity index (χ4v) is 2.86. The summed E-state index contributed by atoms with van der Waals surface area (Å²) in [7, 11) is 0. The number of nitrogens with one attached hydrogen (secondary N) is 1. The molecular formula is C18H30N2O. The zero-order valence-electron chi connectivity index (χ0n) is 13.6. The fourth-order valence-electron chi connectivity index (χ4n) is 2.86. The predicted octanol–water partition coefficient (Wildman–Crippen LogP) is 3.44. The van der Waals surface area contributed by atoms with Crippen LogP contribution in [0.5, 0.6) is 5.75 Å². The molecule has 1 aliphatic rings. The first-order chi connectivity index (χ1) is 10.3. The summed E-state index contributed by atoms with van der Waals surface area (Å²) in [5.74, 6) is 0.980. The molecule has 1 aromatic rings. The van der Waals surface area contributed by atoms with Gasteiger partial charge in [-0.3, -0.25) is 0 Å². The molecule has 0 radical (unpaired) electrons. The molecule has 0 atom stereocenters. The van der Waals surface area contributed by atoms with Gasteiger partial charge in [0, 0.05) is 12.6 Å². The number of benzene rings is 1. The third kappa shape index (κ3) is 5.68. The maximum Gasteiger partial charge on any atom is 0.119 e. The molecule has 1 aliphatic heterocycles. The van der Waals surface area contributed by atoms with E-state index in [0.717, 1.165) is 25.3 Å². The minimum absolute atomic E-state index is 0.675. The van der Waals surface area contributed by atoms with Crippen LogP contribution in [-0.2, 0) is 6.54 Å². The van der Waals surface area contributed by atoms with E-state index in [1.54, 1.807) is 0 Å². The maximum atomic E-state index is 5.61. The van der Waals surface area contributed by atoms with Crippen LogP contribution in [0.15, 0.2) is 24.3 Å². The Bertz CT molecular complexity index is 383. The molecule has 1 heterocycles. The van der Waals surface area contributed by atoms with Crippen LogP contribution >= 0.6 is 0 Å². The van der Waals surface area contributed by atoms with Gasteiger partial charge in [-0.2, -0.15) is 0 Å². The summed E-state index contributed by atoms with van der Waals surface area (Å²) >= 11 is 0. The molecule has 1 fully saturated rings. The zero-order valence-corrected chi connectivity index (χ0v) is 13.6. The van der Waals surface area contributed by atoms with Crippen LogP contribution in [0.2, 0.25) is 0 Å². The van der Waals surface area contributed by atoms with Crippen LogP contribution < -0.4 is 10.1 Å². The highest BCUT2D eigenvalue weighted by Crippen LogP contribution is 2.14. The summed E-state index contributed by atoms with van der Waals surface area (Å²) < 4.78 is 5.61. The van der Waals surface area contributed by atoms with Gasteiger partial charge in [0.2, 0.25) is 0 Å². The fraction of sp³-hybridized carbons (Fsp3) is 0.667. The Balaban J connectivity index is 1.69. The summed E-state index contributed by atoms with van der Waals surface area (Å²) in [5.41, 5.74) is 1.34. The molecule has 0 saturated carbocycles. The highest BCUT2D eigenvalue weighted by Gasteiger charge is 2.17. The summed E-state index contributed by atoms with van der Waals surface area (Å²) in [6, 6.07) is 9.18. The van der Waals surface area contributed by atoms with E-state index >= 15 is 0 Å². The van der Waals surface area contributed by atoms with E-state index in [-0.39, 0.29) is 0 Å². The smallest absolute Gasteiger partial charge is 0.119 e. The van der Waals surface area contributed by atoms with E-state index < -0.39 is 0 Å². The maximum absolute atomic E-state index is 5.61. The number of likely N-dealkylation sites (tertiary alicyclic amines) is 1. The van der Waals surface area contributed by atoms with Gasteiger partial charge in [0.05, 0.1) is 6.61 Å². The van der Waals surface area contributed by atoms with Gasteiger partial charge in [-0.15, -0.1) is 0 Å². The van der Waals surface area contributed by atoms with Crippen LogP contribution in [0.3, 0.4) is 0 Å². The summed E-state index contributed by atoms with van der Waals surface area (Å²) in [6.45, 7) is 9.90. The minimum atomic E-state index is 0.675. The van der Waals surface area contributed by atoms with Gasteiger partial charge in [-0.25, -0.2) is 0 Å². The van der Waals surface area contributed by atoms with Crippen LogP contribution in [0.1, 0.15) is 45.1 Å². The second-order valence-corrected chi connectivity index (χ2v) is 5.99. The molecule has 0 unspecified atom stereocenters. The van der Waals surface area contributed by atoms with Gasteiger partial charge in [0.15, 0.2) is 0 Å². The number of ether oxygens (including phenoxy) is 1. The minimum Gasteiger partial charge on any atom is -0.494 e. The lowest BCUT2D eigenvalue weighted by Gasteiger charge is -2.32. The van der Waals surface area contributed by atoms with Crippen molar-refractivity contribution in [1.29, 1.82) is 0 Å². The molecular weight excluding hydrogens is 260 g/mol. The lowest BCUT2D eigenvalue weighted by atomic mass is 10.0. The first-order valence-electron chi connectivity index (χ1n) is 8.49. The van der Waals surface area contributed by atoms with Crippen molar-refractivity contribution >= 4 is 0 Å². The van der Waals surface area contributed by atoms with Gasteiger partial charge in [-0.05, 0) is 63.0 Å². The average Bonchev–Trinajstić information content (AvgIpc) is 2.53. The number of piperidine rings is 1. The predicted molar refractivity (Wildman–Crippen MR) is 88.8 cm³/mol. The molecule has 0 aromatic heterocycles. The van der Waals surface area contributed by atoms with Crippen molar-refractivity contribution in [2.24, 2.45) is 0 Å². The van der Waals surface area contributed by atoms with E-state index in [2.05, 4.69) is 48.3 Å². The van der Waals surface area contributed by atoms with Gasteiger partial charge in [0.25, 0.3) is 0 Å². The van der Waals surface area contributed by atoms with E-state index in [1.807, 2.05) is 0 Å². The first kappa shape index (κ1) is 16.3. The van der Waals surface area contributed by atoms with E-state index in [1.165, 1.54) is 44.5 Å². The first-order valence-corrected chi connectivity index (χ1v) is 8.49. The highest BCUT2D eigenvalue weighted by atomic mass is 16.5. The third-order valence-corrected chi connectivity index (χ3v) is 4.12. The van der Waals surface area contributed by atoms with Crippen molar-refractivity contribution in [3.05, 3.63) is 29.8 Å². The second kappa shape index (κ2) is 9.06. The Hall–Kier alpha value is -1.06. The molecule has 1 saturated heterocycles. The van der Waals surface area contributed by atoms with Crippen molar-refractivity contribution in [2.75, 3.05) is 26.2 Å². The third-order valence-electron chi connectivity index (χ3n) is 4.12. The van der Waals surface area contributed by atoms with Crippen LogP contribution in [0.25, 0.3) is 0 Å². The zero-order chi connectivity index (χ0) is 14.9. The molecule has 1 aromatic carbocycles. The second-order valence-electron chi connectivity index (χ2n) is 5.99. The lowest BCUT2D eigenvalue weighted by Crippen LogP contribution is -2.42. The quantitative estimate of drug-likeness (QED) is 0.794. The number of nitrogens with zero attached hydrogens (tertiary/aromatic N) is 1. The summed E-state index contributed by atoms with van der Waals surface area (Å²) in [5, 5.41) is 3.70. The molecule has 0 amide bonds. The molecule has 21 heavy (non-hydrogen) atoms. The molecule has 3 heteroatoms. The van der Waals surface area contributed by atoms with Gasteiger partial charge >= 0.3 is 0 Å². The summed E-state index contributed by atoms with van der Waals surface area (Å²) in [4.78, 5) is 2.58. The molecule has 3 nitrogen and oxygen atoms in total. The van der Waals surface area contributed by atoms with Gasteiger partial charge in [-0.1, -0.05) is 26.0 Å². The summed E-state index contributed by atoms with van der Waals surface area (Å²) in [6.07, 6.45) is 4.87.